The van der Waals surface area contributed by atoms with E-state index in [0.717, 1.165) is 23.5 Å². The first-order valence-corrected chi connectivity index (χ1v) is 6.31. The number of nitro groups is 1. The minimum Gasteiger partial charge on any atom is -0.327 e. The van der Waals surface area contributed by atoms with E-state index < -0.39 is 0 Å². The maximum absolute atomic E-state index is 10.4. The van der Waals surface area contributed by atoms with Crippen LogP contribution in [-0.2, 0) is 6.42 Å². The van der Waals surface area contributed by atoms with Gasteiger partial charge < -0.3 is 5.73 Å². The zero-order chi connectivity index (χ0) is 12.0. The van der Waals surface area contributed by atoms with E-state index in [9.17, 15) is 10.1 Å². The predicted molar refractivity (Wildman–Crippen MR) is 67.8 cm³/mol. The average Bonchev–Trinajstić information content (AvgIpc) is 2.25. The highest BCUT2D eigenvalue weighted by Gasteiger charge is 2.03. The van der Waals surface area contributed by atoms with Crippen LogP contribution in [0.2, 0.25) is 0 Å². The largest absolute Gasteiger partial charge is 0.327 e. The Bertz CT molecular complexity index is 338. The number of benzene rings is 1. The number of aryl methyl sites for hydroxylation is 1. The van der Waals surface area contributed by atoms with E-state index in [0.29, 0.717) is 0 Å². The van der Waals surface area contributed by atoms with Gasteiger partial charge in [-0.25, -0.2) is 0 Å². The Morgan fingerprint density at radius 1 is 1.44 bits per heavy atom. The van der Waals surface area contributed by atoms with Crippen LogP contribution in [0, 0.1) is 10.1 Å². The van der Waals surface area contributed by atoms with Crippen LogP contribution in [-0.4, -0.2) is 22.5 Å². The number of non-ortho nitro benzene ring substituents is 1. The molecule has 0 amide bonds. The highest BCUT2D eigenvalue weighted by Crippen LogP contribution is 2.14. The first-order valence-electron chi connectivity index (χ1n) is 5.16. The van der Waals surface area contributed by atoms with Gasteiger partial charge in [0.15, 0.2) is 0 Å². The summed E-state index contributed by atoms with van der Waals surface area (Å²) in [7, 11) is 0. The van der Waals surface area contributed by atoms with E-state index in [2.05, 4.69) is 0 Å². The van der Waals surface area contributed by atoms with Crippen LogP contribution in [0.1, 0.15) is 12.5 Å². The second kappa shape index (κ2) is 6.50. The van der Waals surface area contributed by atoms with Crippen molar-refractivity contribution in [3.63, 3.8) is 0 Å². The van der Waals surface area contributed by atoms with Crippen molar-refractivity contribution >= 4 is 17.4 Å². The third-order valence-corrected chi connectivity index (χ3v) is 3.32. The normalized spacial score (nSPS) is 12.4. The monoisotopic (exact) mass is 240 g/mol. The molecule has 0 heterocycles. The molecule has 1 atom stereocenters. The lowest BCUT2D eigenvalue weighted by Crippen LogP contribution is -2.17. The number of nitro benzene ring substituents is 1. The zero-order valence-corrected chi connectivity index (χ0v) is 10.1. The lowest BCUT2D eigenvalue weighted by atomic mass is 10.1. The molecule has 0 fully saturated rings. The molecule has 0 saturated carbocycles. The third kappa shape index (κ3) is 4.63. The van der Waals surface area contributed by atoms with E-state index in [4.69, 9.17) is 5.73 Å². The molecule has 2 N–H and O–H groups in total. The molecule has 0 aliphatic heterocycles. The van der Waals surface area contributed by atoms with Gasteiger partial charge in [-0.3, -0.25) is 10.1 Å². The Hall–Kier alpha value is -1.07. The molecule has 0 radical (unpaired) electrons. The van der Waals surface area contributed by atoms with Gasteiger partial charge in [0.2, 0.25) is 0 Å². The summed E-state index contributed by atoms with van der Waals surface area (Å²) >= 11 is 1.81. The topological polar surface area (TPSA) is 69.2 Å². The van der Waals surface area contributed by atoms with Gasteiger partial charge in [-0.05, 0) is 24.7 Å². The lowest BCUT2D eigenvalue weighted by Gasteiger charge is -2.04. The molecule has 0 bridgehead atoms. The smallest absolute Gasteiger partial charge is 0.269 e. The molecule has 0 aromatic heterocycles. The molecule has 0 aliphatic carbocycles. The fourth-order valence-electron chi connectivity index (χ4n) is 1.24. The Morgan fingerprint density at radius 2 is 2.06 bits per heavy atom. The molecule has 1 unspecified atom stereocenters. The first-order chi connectivity index (χ1) is 7.59. The fourth-order valence-corrected chi connectivity index (χ4v) is 2.16. The van der Waals surface area contributed by atoms with Gasteiger partial charge in [0.05, 0.1) is 4.92 Å². The van der Waals surface area contributed by atoms with Crippen molar-refractivity contribution in [2.24, 2.45) is 5.73 Å². The Morgan fingerprint density at radius 3 is 2.56 bits per heavy atom. The molecule has 4 nitrogen and oxygen atoms in total. The lowest BCUT2D eigenvalue weighted by molar-refractivity contribution is -0.384. The van der Waals surface area contributed by atoms with E-state index in [1.54, 1.807) is 12.1 Å². The van der Waals surface area contributed by atoms with E-state index in [-0.39, 0.29) is 16.7 Å². The molecule has 16 heavy (non-hydrogen) atoms. The van der Waals surface area contributed by atoms with Crippen molar-refractivity contribution in [2.75, 3.05) is 11.5 Å². The van der Waals surface area contributed by atoms with Gasteiger partial charge >= 0.3 is 0 Å². The Kier molecular flexibility index (Phi) is 5.28. The molecular formula is C11H16N2O2S. The van der Waals surface area contributed by atoms with Gasteiger partial charge in [0.25, 0.3) is 5.69 Å². The molecule has 1 rings (SSSR count). The summed E-state index contributed by atoms with van der Waals surface area (Å²) in [6, 6.07) is 6.94. The second-order valence-electron chi connectivity index (χ2n) is 3.73. The number of nitrogens with two attached hydrogens (primary N) is 1. The quantitative estimate of drug-likeness (QED) is 0.470. The molecule has 0 saturated heterocycles. The SMILES string of the molecule is CC(N)CSCCc1ccc([N+](=O)[O-])cc1. The number of rotatable bonds is 6. The van der Waals surface area contributed by atoms with Crippen molar-refractivity contribution in [3.8, 4) is 0 Å². The summed E-state index contributed by atoms with van der Waals surface area (Å²) in [6.45, 7) is 1.98. The molecule has 1 aromatic rings. The third-order valence-electron chi connectivity index (χ3n) is 2.06. The Balaban J connectivity index is 2.35. The van der Waals surface area contributed by atoms with Crippen LogP contribution in [0.15, 0.2) is 24.3 Å². The number of hydrogen-bond acceptors (Lipinski definition) is 4. The summed E-state index contributed by atoms with van der Waals surface area (Å²) in [4.78, 5) is 10.1. The van der Waals surface area contributed by atoms with Crippen LogP contribution in [0.5, 0.6) is 0 Å². The van der Waals surface area contributed by atoms with Crippen LogP contribution in [0.4, 0.5) is 5.69 Å². The number of nitrogens with zero attached hydrogens (tertiary/aromatic N) is 1. The molecule has 5 heteroatoms. The summed E-state index contributed by atoms with van der Waals surface area (Å²) in [5.74, 6) is 1.95. The van der Waals surface area contributed by atoms with E-state index in [1.165, 1.54) is 0 Å². The maximum atomic E-state index is 10.4. The summed E-state index contributed by atoms with van der Waals surface area (Å²) in [5.41, 5.74) is 6.90. The molecule has 88 valence electrons. The summed E-state index contributed by atoms with van der Waals surface area (Å²) < 4.78 is 0. The fraction of sp³-hybridized carbons (Fsp3) is 0.455. The van der Waals surface area contributed by atoms with Crippen LogP contribution in [0.25, 0.3) is 0 Å². The summed E-state index contributed by atoms with van der Waals surface area (Å²) in [6.07, 6.45) is 0.926. The van der Waals surface area contributed by atoms with Crippen LogP contribution >= 0.6 is 11.8 Å². The highest BCUT2D eigenvalue weighted by atomic mass is 32.2. The van der Waals surface area contributed by atoms with Gasteiger partial charge in [-0.1, -0.05) is 12.1 Å². The van der Waals surface area contributed by atoms with Crippen LogP contribution in [0.3, 0.4) is 0 Å². The maximum Gasteiger partial charge on any atom is 0.269 e. The first kappa shape index (κ1) is 13.0. The van der Waals surface area contributed by atoms with Gasteiger partial charge in [-0.15, -0.1) is 0 Å². The van der Waals surface area contributed by atoms with Crippen LogP contribution < -0.4 is 5.73 Å². The predicted octanol–water partition coefficient (Wildman–Crippen LogP) is 2.22. The van der Waals surface area contributed by atoms with Gasteiger partial charge in [0.1, 0.15) is 0 Å². The zero-order valence-electron chi connectivity index (χ0n) is 9.26. The molecule has 1 aromatic carbocycles. The molecular weight excluding hydrogens is 224 g/mol. The Labute approximate surface area is 99.4 Å². The van der Waals surface area contributed by atoms with E-state index in [1.807, 2.05) is 30.8 Å². The minimum absolute atomic E-state index is 0.145. The van der Waals surface area contributed by atoms with Crippen molar-refractivity contribution in [3.05, 3.63) is 39.9 Å². The van der Waals surface area contributed by atoms with Crippen molar-refractivity contribution in [2.45, 2.75) is 19.4 Å². The summed E-state index contributed by atoms with van der Waals surface area (Å²) in [5, 5.41) is 10.4. The van der Waals surface area contributed by atoms with Crippen molar-refractivity contribution in [1.29, 1.82) is 0 Å². The molecule has 0 aliphatic rings. The van der Waals surface area contributed by atoms with Gasteiger partial charge in [-0.2, -0.15) is 11.8 Å². The molecule has 0 spiro atoms. The number of hydrogen-bond donors (Lipinski definition) is 1. The van der Waals surface area contributed by atoms with Crippen molar-refractivity contribution < 1.29 is 4.92 Å². The van der Waals surface area contributed by atoms with E-state index >= 15 is 0 Å². The van der Waals surface area contributed by atoms with Crippen molar-refractivity contribution in [1.82, 2.24) is 0 Å². The van der Waals surface area contributed by atoms with Gasteiger partial charge in [0, 0.05) is 23.9 Å². The second-order valence-corrected chi connectivity index (χ2v) is 4.88. The average molecular weight is 240 g/mol. The highest BCUT2D eigenvalue weighted by molar-refractivity contribution is 7.99. The number of thioether (sulfide) groups is 1. The minimum atomic E-state index is -0.380. The standard InChI is InChI=1S/C11H16N2O2S/c1-9(12)8-16-7-6-10-2-4-11(5-3-10)13(14)15/h2-5,9H,6-8,12H2,1H3.